The van der Waals surface area contributed by atoms with E-state index in [1.54, 1.807) is 4.90 Å². The number of H-pyrrole nitrogens is 1. The van der Waals surface area contributed by atoms with Gasteiger partial charge in [0.2, 0.25) is 5.91 Å². The van der Waals surface area contributed by atoms with Gasteiger partial charge < -0.3 is 30.0 Å². The number of aromatic amines is 1. The summed E-state index contributed by atoms with van der Waals surface area (Å²) in [5.74, 6) is 1.47. The van der Waals surface area contributed by atoms with Gasteiger partial charge in [-0.25, -0.2) is 0 Å². The monoisotopic (exact) mass is 506 g/mol. The van der Waals surface area contributed by atoms with E-state index in [-0.39, 0.29) is 30.5 Å². The average molecular weight is 507 g/mol. The minimum atomic E-state index is -0.111. The van der Waals surface area contributed by atoms with E-state index in [0.29, 0.717) is 24.6 Å². The summed E-state index contributed by atoms with van der Waals surface area (Å²) in [4.78, 5) is 30.9. The smallest absolute Gasteiger partial charge is 0.255 e. The van der Waals surface area contributed by atoms with E-state index in [2.05, 4.69) is 46.8 Å². The molecule has 8 nitrogen and oxygen atoms in total. The molecule has 2 aliphatic heterocycles. The van der Waals surface area contributed by atoms with Crippen molar-refractivity contribution in [3.63, 3.8) is 0 Å². The van der Waals surface area contributed by atoms with Crippen LogP contribution >= 0.6 is 0 Å². The van der Waals surface area contributed by atoms with Gasteiger partial charge in [0.25, 0.3) is 5.91 Å². The molecule has 8 heteroatoms. The first-order chi connectivity index (χ1) is 17.8. The molecule has 0 bridgehead atoms. The van der Waals surface area contributed by atoms with Gasteiger partial charge in [0.05, 0.1) is 23.9 Å². The summed E-state index contributed by atoms with van der Waals surface area (Å²) in [6.07, 6.45) is 3.94. The number of nitrogens with one attached hydrogen (secondary N) is 3. The summed E-state index contributed by atoms with van der Waals surface area (Å²) in [5, 5.41) is 6.85. The lowest BCUT2D eigenvalue weighted by atomic mass is 9.89. The summed E-state index contributed by atoms with van der Waals surface area (Å²) < 4.78 is 11.2. The molecule has 37 heavy (non-hydrogen) atoms. The number of carbonyl (C=O) groups is 2. The summed E-state index contributed by atoms with van der Waals surface area (Å²) in [6, 6.07) is 8.38. The number of rotatable bonds is 8. The number of aromatic nitrogens is 1. The van der Waals surface area contributed by atoms with Crippen LogP contribution in [0.2, 0.25) is 0 Å². The van der Waals surface area contributed by atoms with Gasteiger partial charge >= 0.3 is 0 Å². The van der Waals surface area contributed by atoms with Crippen LogP contribution < -0.4 is 15.4 Å². The molecule has 3 heterocycles. The van der Waals surface area contributed by atoms with Crippen LogP contribution in [0, 0.1) is 19.8 Å². The maximum absolute atomic E-state index is 13.6. The number of allylic oxidation sites excluding steroid dienone is 1. The summed E-state index contributed by atoms with van der Waals surface area (Å²) in [5.41, 5.74) is 6.66. The van der Waals surface area contributed by atoms with Crippen molar-refractivity contribution in [3.8, 4) is 5.75 Å². The molecule has 5 rings (SSSR count). The Balaban J connectivity index is 1.35. The van der Waals surface area contributed by atoms with Gasteiger partial charge in [0.1, 0.15) is 12.4 Å². The quantitative estimate of drug-likeness (QED) is 0.509. The van der Waals surface area contributed by atoms with Crippen LogP contribution in [0.4, 0.5) is 0 Å². The molecule has 3 aliphatic rings. The van der Waals surface area contributed by atoms with E-state index in [9.17, 15) is 9.59 Å². The molecule has 1 aromatic carbocycles. The van der Waals surface area contributed by atoms with Crippen LogP contribution in [0.15, 0.2) is 30.0 Å². The minimum absolute atomic E-state index is 0.00326. The number of likely N-dealkylation sites (tertiary alicyclic amines) is 1. The SMILES string of the molecule is COCC(=O)N1CCC(NC(=O)C2=C(C)NC(c3cc(C)ccc3OCC3CC3)c3cc(C)[nH]c32)CC1. The Morgan fingerprint density at radius 3 is 2.51 bits per heavy atom. The number of fused-ring (bicyclic) bond motifs is 1. The second kappa shape index (κ2) is 10.6. The number of hydrogen-bond donors (Lipinski definition) is 3. The molecule has 1 aromatic heterocycles. The molecule has 3 N–H and O–H groups in total. The van der Waals surface area contributed by atoms with Gasteiger partial charge in [-0.1, -0.05) is 11.6 Å². The van der Waals surface area contributed by atoms with Crippen LogP contribution in [0.3, 0.4) is 0 Å². The zero-order chi connectivity index (χ0) is 26.1. The van der Waals surface area contributed by atoms with Gasteiger partial charge in [-0.2, -0.15) is 0 Å². The number of piperidine rings is 1. The zero-order valence-electron chi connectivity index (χ0n) is 22.3. The van der Waals surface area contributed by atoms with Crippen molar-refractivity contribution in [2.45, 2.75) is 58.5 Å². The summed E-state index contributed by atoms with van der Waals surface area (Å²) in [6.45, 7) is 8.17. The van der Waals surface area contributed by atoms with Crippen LogP contribution in [0.5, 0.6) is 5.75 Å². The van der Waals surface area contributed by atoms with Crippen molar-refractivity contribution in [1.82, 2.24) is 20.5 Å². The Hall–Kier alpha value is -3.26. The molecular weight excluding hydrogens is 468 g/mol. The van der Waals surface area contributed by atoms with Crippen molar-refractivity contribution in [2.75, 3.05) is 33.4 Å². The first-order valence-electron chi connectivity index (χ1n) is 13.3. The lowest BCUT2D eigenvalue weighted by molar-refractivity contribution is -0.136. The maximum Gasteiger partial charge on any atom is 0.255 e. The molecule has 1 aliphatic carbocycles. The normalized spacial score (nSPS) is 19.9. The molecule has 2 amide bonds. The van der Waals surface area contributed by atoms with E-state index in [1.165, 1.54) is 25.5 Å². The molecule has 0 spiro atoms. The molecule has 1 atom stereocenters. The topological polar surface area (TPSA) is 95.7 Å². The van der Waals surface area contributed by atoms with Gasteiger partial charge in [0, 0.05) is 48.8 Å². The highest BCUT2D eigenvalue weighted by Crippen LogP contribution is 2.40. The van der Waals surface area contributed by atoms with Crippen molar-refractivity contribution >= 4 is 17.4 Å². The molecule has 2 aromatic rings. The van der Waals surface area contributed by atoms with E-state index < -0.39 is 0 Å². The van der Waals surface area contributed by atoms with Crippen molar-refractivity contribution in [1.29, 1.82) is 0 Å². The van der Waals surface area contributed by atoms with Gasteiger partial charge in [-0.3, -0.25) is 9.59 Å². The molecule has 198 valence electrons. The zero-order valence-corrected chi connectivity index (χ0v) is 22.3. The molecule has 2 fully saturated rings. The second-order valence-electron chi connectivity index (χ2n) is 10.7. The third-order valence-electron chi connectivity index (χ3n) is 7.61. The largest absolute Gasteiger partial charge is 0.493 e. The highest BCUT2D eigenvalue weighted by atomic mass is 16.5. The van der Waals surface area contributed by atoms with Crippen molar-refractivity contribution in [2.24, 2.45) is 5.92 Å². The summed E-state index contributed by atoms with van der Waals surface area (Å²) >= 11 is 0. The Morgan fingerprint density at radius 2 is 1.81 bits per heavy atom. The Bertz CT molecular complexity index is 1200. The van der Waals surface area contributed by atoms with Crippen molar-refractivity contribution < 1.29 is 19.1 Å². The minimum Gasteiger partial charge on any atom is -0.493 e. The molecular formula is C29H38N4O4. The van der Waals surface area contributed by atoms with E-state index >= 15 is 0 Å². The number of methoxy groups -OCH3 is 1. The van der Waals surface area contributed by atoms with Gasteiger partial charge in [-0.05, 0) is 70.6 Å². The van der Waals surface area contributed by atoms with E-state index in [1.807, 2.05) is 13.8 Å². The highest BCUT2D eigenvalue weighted by molar-refractivity contribution is 6.20. The second-order valence-corrected chi connectivity index (χ2v) is 10.7. The average Bonchev–Trinajstić information content (AvgIpc) is 3.62. The number of amides is 2. The molecule has 1 saturated heterocycles. The van der Waals surface area contributed by atoms with Crippen LogP contribution in [0.25, 0.3) is 5.57 Å². The third kappa shape index (κ3) is 5.54. The number of ether oxygens (including phenoxy) is 2. The maximum atomic E-state index is 13.6. The lowest BCUT2D eigenvalue weighted by Crippen LogP contribution is -2.48. The first kappa shape index (κ1) is 25.4. The van der Waals surface area contributed by atoms with Crippen LogP contribution in [0.1, 0.15) is 66.7 Å². The Kier molecular flexibility index (Phi) is 7.29. The standard InChI is InChI=1S/C29H38N4O4/c1-17-5-8-24(37-15-20-6-7-20)22(13-17)27-23-14-18(2)30-28(23)26(19(3)31-27)29(35)32-21-9-11-33(12-10-21)25(34)16-36-4/h5,8,13-14,20-21,27,30-31H,6-7,9-12,15-16H2,1-4H3,(H,32,35). The number of nitrogens with zero attached hydrogens (tertiary/aromatic N) is 1. The number of hydrogen-bond acceptors (Lipinski definition) is 5. The fourth-order valence-electron chi connectivity index (χ4n) is 5.39. The van der Waals surface area contributed by atoms with Crippen molar-refractivity contribution in [3.05, 3.63) is 58.0 Å². The number of benzene rings is 1. The molecule has 1 saturated carbocycles. The fourth-order valence-corrected chi connectivity index (χ4v) is 5.39. The molecule has 1 unspecified atom stereocenters. The molecule has 0 radical (unpaired) electrons. The van der Waals surface area contributed by atoms with E-state index in [4.69, 9.17) is 9.47 Å². The van der Waals surface area contributed by atoms with E-state index in [0.717, 1.165) is 53.4 Å². The number of carbonyl (C=O) groups excluding carboxylic acids is 2. The predicted octanol–water partition coefficient (Wildman–Crippen LogP) is 3.60. The fraction of sp³-hybridized carbons (Fsp3) is 0.517. The summed E-state index contributed by atoms with van der Waals surface area (Å²) in [7, 11) is 1.53. The number of aryl methyl sites for hydroxylation is 2. The Morgan fingerprint density at radius 1 is 1.05 bits per heavy atom. The third-order valence-corrected chi connectivity index (χ3v) is 7.61. The van der Waals surface area contributed by atoms with Crippen LogP contribution in [-0.2, 0) is 14.3 Å². The Labute approximate surface area is 218 Å². The highest BCUT2D eigenvalue weighted by Gasteiger charge is 2.34. The van der Waals surface area contributed by atoms with Gasteiger partial charge in [0.15, 0.2) is 0 Å². The van der Waals surface area contributed by atoms with Gasteiger partial charge in [-0.15, -0.1) is 0 Å². The first-order valence-corrected chi connectivity index (χ1v) is 13.3. The van der Waals surface area contributed by atoms with Crippen LogP contribution in [-0.4, -0.2) is 61.2 Å². The predicted molar refractivity (Wildman–Crippen MR) is 142 cm³/mol. The lowest BCUT2D eigenvalue weighted by Gasteiger charge is -2.33.